The first-order chi connectivity index (χ1) is 11.3. The largest absolute Gasteiger partial charge is 0.497 e. The lowest BCUT2D eigenvalue weighted by atomic mass is 10.3. The van der Waals surface area contributed by atoms with Crippen LogP contribution in [0.5, 0.6) is 17.4 Å². The number of amides is 1. The molecule has 0 bridgehead atoms. The Morgan fingerprint density at radius 2 is 1.87 bits per heavy atom. The zero-order chi connectivity index (χ0) is 16.1. The van der Waals surface area contributed by atoms with E-state index in [9.17, 15) is 4.79 Å². The minimum atomic E-state index is -0.373. The molecule has 0 atom stereocenters. The van der Waals surface area contributed by atoms with Gasteiger partial charge in [-0.05, 0) is 48.5 Å². The minimum Gasteiger partial charge on any atom is -0.497 e. The average Bonchev–Trinajstić information content (AvgIpc) is 3.12. The fraction of sp³-hybridized carbons (Fsp3) is 0.0588. The van der Waals surface area contributed by atoms with Crippen LogP contribution in [0.3, 0.4) is 0 Å². The number of furan rings is 1. The highest BCUT2D eigenvalue weighted by Gasteiger charge is 2.13. The molecule has 0 aliphatic carbocycles. The molecule has 1 amide bonds. The van der Waals surface area contributed by atoms with Gasteiger partial charge in [0.25, 0.3) is 5.91 Å². The van der Waals surface area contributed by atoms with Gasteiger partial charge in [-0.3, -0.25) is 4.79 Å². The zero-order valence-electron chi connectivity index (χ0n) is 12.4. The molecule has 0 spiro atoms. The predicted octanol–water partition coefficient (Wildman–Crippen LogP) is 3.73. The average molecular weight is 310 g/mol. The van der Waals surface area contributed by atoms with Gasteiger partial charge in [-0.2, -0.15) is 0 Å². The summed E-state index contributed by atoms with van der Waals surface area (Å²) in [5.41, 5.74) is 0.449. The molecular weight excluding hydrogens is 296 g/mol. The van der Waals surface area contributed by atoms with Crippen LogP contribution in [-0.4, -0.2) is 18.0 Å². The van der Waals surface area contributed by atoms with E-state index in [0.717, 1.165) is 5.75 Å². The van der Waals surface area contributed by atoms with Gasteiger partial charge in [0, 0.05) is 6.20 Å². The molecule has 1 aromatic carbocycles. The summed E-state index contributed by atoms with van der Waals surface area (Å²) in [6.07, 6.45) is 3.02. The second-order valence-corrected chi connectivity index (χ2v) is 4.57. The molecule has 0 aliphatic rings. The zero-order valence-corrected chi connectivity index (χ0v) is 12.4. The van der Waals surface area contributed by atoms with Gasteiger partial charge in [0.2, 0.25) is 5.88 Å². The van der Waals surface area contributed by atoms with Crippen molar-refractivity contribution in [3.63, 3.8) is 0 Å². The second kappa shape index (κ2) is 6.65. The van der Waals surface area contributed by atoms with E-state index in [0.29, 0.717) is 11.4 Å². The van der Waals surface area contributed by atoms with Crippen molar-refractivity contribution in [2.24, 2.45) is 0 Å². The van der Waals surface area contributed by atoms with Gasteiger partial charge in [0.05, 0.1) is 13.4 Å². The normalized spacial score (nSPS) is 10.1. The first kappa shape index (κ1) is 14.6. The summed E-state index contributed by atoms with van der Waals surface area (Å²) in [5.74, 6) is 1.44. The summed E-state index contributed by atoms with van der Waals surface area (Å²) in [6.45, 7) is 0. The van der Waals surface area contributed by atoms with Crippen LogP contribution in [0.15, 0.2) is 65.4 Å². The Hall–Kier alpha value is -3.28. The first-order valence-corrected chi connectivity index (χ1v) is 6.88. The van der Waals surface area contributed by atoms with E-state index in [4.69, 9.17) is 13.9 Å². The molecule has 2 aromatic heterocycles. The third-order valence-corrected chi connectivity index (χ3v) is 3.04. The van der Waals surface area contributed by atoms with Gasteiger partial charge in [-0.15, -0.1) is 0 Å². The van der Waals surface area contributed by atoms with Gasteiger partial charge < -0.3 is 19.2 Å². The smallest absolute Gasteiger partial charge is 0.291 e. The van der Waals surface area contributed by atoms with Gasteiger partial charge in [0.15, 0.2) is 5.76 Å². The highest BCUT2D eigenvalue weighted by Crippen LogP contribution is 2.28. The van der Waals surface area contributed by atoms with Crippen molar-refractivity contribution in [3.05, 3.63) is 66.8 Å². The molecule has 23 heavy (non-hydrogen) atoms. The molecule has 1 N–H and O–H groups in total. The molecule has 0 saturated heterocycles. The van der Waals surface area contributed by atoms with E-state index in [1.165, 1.54) is 6.26 Å². The maximum atomic E-state index is 12.1. The van der Waals surface area contributed by atoms with Crippen molar-refractivity contribution in [1.82, 2.24) is 4.98 Å². The van der Waals surface area contributed by atoms with Gasteiger partial charge in [-0.1, -0.05) is 0 Å². The number of carbonyl (C=O) groups excluding carboxylic acids is 1. The number of nitrogens with zero attached hydrogens (tertiary/aromatic N) is 1. The van der Waals surface area contributed by atoms with Gasteiger partial charge in [-0.25, -0.2) is 4.98 Å². The Balaban J connectivity index is 1.78. The van der Waals surface area contributed by atoms with Crippen molar-refractivity contribution in [3.8, 4) is 17.4 Å². The van der Waals surface area contributed by atoms with Crippen LogP contribution in [0.2, 0.25) is 0 Å². The molecule has 3 aromatic rings. The van der Waals surface area contributed by atoms with Crippen LogP contribution in [0, 0.1) is 0 Å². The number of carbonyl (C=O) groups is 1. The van der Waals surface area contributed by atoms with E-state index in [1.807, 2.05) is 0 Å². The Morgan fingerprint density at radius 3 is 2.57 bits per heavy atom. The molecular formula is C17H14N2O4. The second-order valence-electron chi connectivity index (χ2n) is 4.57. The summed E-state index contributed by atoms with van der Waals surface area (Å²) < 4.78 is 15.9. The lowest BCUT2D eigenvalue weighted by molar-refractivity contribution is 0.0996. The highest BCUT2D eigenvalue weighted by atomic mass is 16.5. The minimum absolute atomic E-state index is 0.212. The van der Waals surface area contributed by atoms with Crippen molar-refractivity contribution < 1.29 is 18.7 Å². The number of benzene rings is 1. The summed E-state index contributed by atoms with van der Waals surface area (Å²) in [4.78, 5) is 16.2. The van der Waals surface area contributed by atoms with Crippen molar-refractivity contribution in [1.29, 1.82) is 0 Å². The molecule has 3 rings (SSSR count). The lowest BCUT2D eigenvalue weighted by Gasteiger charge is -2.10. The van der Waals surface area contributed by atoms with Crippen LogP contribution in [0.4, 0.5) is 5.69 Å². The van der Waals surface area contributed by atoms with Gasteiger partial charge >= 0.3 is 0 Å². The number of nitrogens with one attached hydrogen (secondary N) is 1. The monoisotopic (exact) mass is 310 g/mol. The number of rotatable bonds is 5. The van der Waals surface area contributed by atoms with Crippen LogP contribution in [-0.2, 0) is 0 Å². The molecule has 0 saturated carbocycles. The molecule has 116 valence electrons. The van der Waals surface area contributed by atoms with Crippen LogP contribution < -0.4 is 14.8 Å². The number of pyridine rings is 1. The van der Waals surface area contributed by atoms with E-state index in [-0.39, 0.29) is 17.5 Å². The van der Waals surface area contributed by atoms with Crippen LogP contribution in [0.1, 0.15) is 10.6 Å². The number of hydrogen-bond donors (Lipinski definition) is 1. The molecule has 0 unspecified atom stereocenters. The summed E-state index contributed by atoms with van der Waals surface area (Å²) in [7, 11) is 1.59. The fourth-order valence-corrected chi connectivity index (χ4v) is 1.91. The SMILES string of the molecule is COc1ccc(Oc2ncccc2NC(=O)c2ccco2)cc1. The summed E-state index contributed by atoms with van der Waals surface area (Å²) in [6, 6.07) is 13.7. The van der Waals surface area contributed by atoms with Crippen molar-refractivity contribution in [2.75, 3.05) is 12.4 Å². The first-order valence-electron chi connectivity index (χ1n) is 6.88. The molecule has 2 heterocycles. The maximum Gasteiger partial charge on any atom is 0.291 e. The fourth-order valence-electron chi connectivity index (χ4n) is 1.91. The Kier molecular flexibility index (Phi) is 4.24. The quantitative estimate of drug-likeness (QED) is 0.777. The van der Waals surface area contributed by atoms with Crippen molar-refractivity contribution in [2.45, 2.75) is 0 Å². The van der Waals surface area contributed by atoms with E-state index in [2.05, 4.69) is 10.3 Å². The Labute approximate surface area is 132 Å². The predicted molar refractivity (Wildman–Crippen MR) is 84.0 cm³/mol. The number of anilines is 1. The molecule has 0 aliphatic heterocycles. The molecule has 0 fully saturated rings. The highest BCUT2D eigenvalue weighted by molar-refractivity contribution is 6.02. The van der Waals surface area contributed by atoms with Crippen molar-refractivity contribution >= 4 is 11.6 Å². The Morgan fingerprint density at radius 1 is 1.09 bits per heavy atom. The van der Waals surface area contributed by atoms with E-state index < -0.39 is 0 Å². The Bertz CT molecular complexity index is 783. The van der Waals surface area contributed by atoms with Crippen LogP contribution in [0.25, 0.3) is 0 Å². The van der Waals surface area contributed by atoms with E-state index >= 15 is 0 Å². The molecule has 6 heteroatoms. The number of aromatic nitrogens is 1. The van der Waals surface area contributed by atoms with E-state index in [1.54, 1.807) is 61.8 Å². The lowest BCUT2D eigenvalue weighted by Crippen LogP contribution is -2.11. The van der Waals surface area contributed by atoms with Crippen LogP contribution >= 0.6 is 0 Å². The van der Waals surface area contributed by atoms with Gasteiger partial charge in [0.1, 0.15) is 17.2 Å². The summed E-state index contributed by atoms with van der Waals surface area (Å²) in [5, 5.41) is 2.71. The number of ether oxygens (including phenoxy) is 2. The number of hydrogen-bond acceptors (Lipinski definition) is 5. The maximum absolute atomic E-state index is 12.1. The summed E-state index contributed by atoms with van der Waals surface area (Å²) >= 11 is 0. The molecule has 6 nitrogen and oxygen atoms in total. The number of methoxy groups -OCH3 is 1. The molecule has 0 radical (unpaired) electrons. The third-order valence-electron chi connectivity index (χ3n) is 3.04. The standard InChI is InChI=1S/C17H14N2O4/c1-21-12-6-8-13(9-7-12)23-17-14(4-2-10-18-17)19-16(20)15-5-3-11-22-15/h2-11H,1H3,(H,19,20). The third kappa shape index (κ3) is 3.49. The topological polar surface area (TPSA) is 73.6 Å².